The minimum absolute atomic E-state index is 0.118. The van der Waals surface area contributed by atoms with Crippen LogP contribution in [0.2, 0.25) is 5.02 Å². The number of amides is 3. The quantitative estimate of drug-likeness (QED) is 0.497. The van der Waals surface area contributed by atoms with E-state index in [1.165, 1.54) is 9.80 Å². The number of hydrogen-bond acceptors (Lipinski definition) is 4. The molecule has 7 rings (SSSR count). The van der Waals surface area contributed by atoms with Crippen molar-refractivity contribution >= 4 is 35.0 Å². The van der Waals surface area contributed by atoms with Crippen LogP contribution in [0.15, 0.2) is 60.7 Å². The number of carbonyl (C=O) groups is 3. The molecule has 2 bridgehead atoms. The van der Waals surface area contributed by atoms with E-state index >= 15 is 0 Å². The van der Waals surface area contributed by atoms with Gasteiger partial charge in [0.1, 0.15) is 12.4 Å². The molecule has 0 unspecified atom stereocenters. The molecule has 2 aromatic carbocycles. The molecule has 3 fully saturated rings. The first kappa shape index (κ1) is 20.5. The molecule has 2 aromatic rings. The molecule has 168 valence electrons. The van der Waals surface area contributed by atoms with Crippen LogP contribution in [0.3, 0.4) is 0 Å². The standard InChI is InChI=1S/C26H23ClN2O4/c1-33-17-8-6-16(7-9-17)28(24(30)14-2-4-15(27)5-3-14)13-29-25(31)22-18-10-11-19(21-12-20(18)21)23(22)26(29)32/h2-11,18-23H,12-13H2,1H3/t18-,19-,20-,21+,22+,23-/m1/s1. The van der Waals surface area contributed by atoms with Gasteiger partial charge in [-0.25, -0.2) is 0 Å². The predicted molar refractivity (Wildman–Crippen MR) is 123 cm³/mol. The third kappa shape index (κ3) is 3.11. The molecule has 1 heterocycles. The molecule has 3 amide bonds. The van der Waals surface area contributed by atoms with Gasteiger partial charge in [-0.3, -0.25) is 24.2 Å². The molecule has 0 N–H and O–H groups in total. The van der Waals surface area contributed by atoms with Crippen molar-refractivity contribution in [1.29, 1.82) is 0 Å². The first-order chi connectivity index (χ1) is 16.0. The topological polar surface area (TPSA) is 66.9 Å². The van der Waals surface area contributed by atoms with Crippen LogP contribution in [-0.4, -0.2) is 36.4 Å². The summed E-state index contributed by atoms with van der Waals surface area (Å²) in [5, 5.41) is 0.526. The number of halogens is 1. The van der Waals surface area contributed by atoms with Gasteiger partial charge in [0.15, 0.2) is 0 Å². The number of anilines is 1. The predicted octanol–water partition coefficient (Wildman–Crippen LogP) is 4.01. The van der Waals surface area contributed by atoms with E-state index in [9.17, 15) is 14.4 Å². The van der Waals surface area contributed by atoms with Crippen LogP contribution in [0.1, 0.15) is 16.8 Å². The van der Waals surface area contributed by atoms with Crippen LogP contribution < -0.4 is 9.64 Å². The highest BCUT2D eigenvalue weighted by atomic mass is 35.5. The highest BCUT2D eigenvalue weighted by Gasteiger charge is 2.67. The maximum absolute atomic E-state index is 13.5. The Bertz CT molecular complexity index is 1140. The number of allylic oxidation sites excluding steroid dienone is 2. The van der Waals surface area contributed by atoms with Crippen LogP contribution >= 0.6 is 11.6 Å². The van der Waals surface area contributed by atoms with Crippen LogP contribution in [-0.2, 0) is 9.59 Å². The number of hydrogen-bond donors (Lipinski definition) is 0. The van der Waals surface area contributed by atoms with Crippen molar-refractivity contribution in [2.45, 2.75) is 6.42 Å². The molecule has 6 atom stereocenters. The fourth-order valence-electron chi connectivity index (χ4n) is 6.07. The van der Waals surface area contributed by atoms with E-state index in [4.69, 9.17) is 16.3 Å². The lowest BCUT2D eigenvalue weighted by Gasteiger charge is -2.37. The van der Waals surface area contributed by atoms with E-state index in [1.807, 2.05) is 0 Å². The van der Waals surface area contributed by atoms with Crippen LogP contribution in [0.4, 0.5) is 5.69 Å². The molecule has 1 aliphatic heterocycles. The van der Waals surface area contributed by atoms with E-state index < -0.39 is 0 Å². The molecule has 1 saturated heterocycles. The number of nitrogens with zero attached hydrogens (tertiary/aromatic N) is 2. The van der Waals surface area contributed by atoms with Gasteiger partial charge in [0.2, 0.25) is 11.8 Å². The third-order valence-electron chi connectivity index (χ3n) is 7.76. The fourth-order valence-corrected chi connectivity index (χ4v) is 6.20. The van der Waals surface area contributed by atoms with E-state index in [0.717, 1.165) is 6.42 Å². The normalized spacial score (nSPS) is 30.8. The van der Waals surface area contributed by atoms with E-state index in [1.54, 1.807) is 55.6 Å². The molecule has 6 nitrogen and oxygen atoms in total. The van der Waals surface area contributed by atoms with Crippen molar-refractivity contribution in [2.24, 2.45) is 35.5 Å². The number of likely N-dealkylation sites (tertiary alicyclic amines) is 1. The Hall–Kier alpha value is -3.12. The number of rotatable bonds is 5. The van der Waals surface area contributed by atoms with Crippen molar-refractivity contribution in [2.75, 3.05) is 18.7 Å². The third-order valence-corrected chi connectivity index (χ3v) is 8.01. The second kappa shape index (κ2) is 7.45. The minimum Gasteiger partial charge on any atom is -0.497 e. The average molecular weight is 463 g/mol. The van der Waals surface area contributed by atoms with Gasteiger partial charge in [-0.15, -0.1) is 0 Å². The summed E-state index contributed by atoms with van der Waals surface area (Å²) < 4.78 is 5.24. The Morgan fingerprint density at radius 1 is 0.970 bits per heavy atom. The SMILES string of the molecule is COc1ccc(N(CN2C(=O)[C@@H]3[C@@H]4C=C[C@H]([C@H]5C[C@@H]45)[C@@H]3C2=O)C(=O)c2ccc(Cl)cc2)cc1. The summed E-state index contributed by atoms with van der Waals surface area (Å²) >= 11 is 6.00. The monoisotopic (exact) mass is 462 g/mol. The fraction of sp³-hybridized carbons (Fsp3) is 0.346. The van der Waals surface area contributed by atoms with Gasteiger partial charge < -0.3 is 4.74 Å². The highest BCUT2D eigenvalue weighted by molar-refractivity contribution is 6.30. The molecule has 0 spiro atoms. The van der Waals surface area contributed by atoms with Gasteiger partial charge in [-0.05, 0) is 78.6 Å². The lowest BCUT2D eigenvalue weighted by molar-refractivity contribution is -0.140. The molecular formula is C26H23ClN2O4. The summed E-state index contributed by atoms with van der Waals surface area (Å²) in [5.41, 5.74) is 1.00. The van der Waals surface area contributed by atoms with Crippen LogP contribution in [0.25, 0.3) is 0 Å². The summed E-state index contributed by atoms with van der Waals surface area (Å²) in [4.78, 5) is 43.2. The number of carbonyl (C=O) groups excluding carboxylic acids is 3. The van der Waals surface area contributed by atoms with Gasteiger partial charge >= 0.3 is 0 Å². The molecule has 0 radical (unpaired) electrons. The zero-order chi connectivity index (χ0) is 22.9. The van der Waals surface area contributed by atoms with Crippen molar-refractivity contribution in [3.05, 3.63) is 71.3 Å². The average Bonchev–Trinajstić information content (AvgIpc) is 3.63. The molecule has 5 aliphatic rings. The maximum atomic E-state index is 13.5. The Balaban J connectivity index is 1.33. The summed E-state index contributed by atoms with van der Waals surface area (Å²) in [6, 6.07) is 13.6. The summed E-state index contributed by atoms with van der Waals surface area (Å²) in [6.07, 6.45) is 5.41. The van der Waals surface area contributed by atoms with Gasteiger partial charge in [0, 0.05) is 16.3 Å². The molecule has 7 heteroatoms. The van der Waals surface area contributed by atoms with Gasteiger partial charge in [-0.2, -0.15) is 0 Å². The van der Waals surface area contributed by atoms with Gasteiger partial charge in [-0.1, -0.05) is 23.8 Å². The first-order valence-electron chi connectivity index (χ1n) is 11.2. The smallest absolute Gasteiger partial charge is 0.259 e. The zero-order valence-electron chi connectivity index (χ0n) is 18.1. The van der Waals surface area contributed by atoms with Crippen molar-refractivity contribution in [3.63, 3.8) is 0 Å². The van der Waals surface area contributed by atoms with Gasteiger partial charge in [0.05, 0.1) is 18.9 Å². The Morgan fingerprint density at radius 3 is 2.09 bits per heavy atom. The minimum atomic E-state index is -0.309. The molecular weight excluding hydrogens is 440 g/mol. The van der Waals surface area contributed by atoms with Gasteiger partial charge in [0.25, 0.3) is 5.91 Å². The van der Waals surface area contributed by atoms with E-state index in [0.29, 0.717) is 33.9 Å². The first-order valence-corrected chi connectivity index (χ1v) is 11.6. The van der Waals surface area contributed by atoms with Crippen LogP contribution in [0.5, 0.6) is 5.75 Å². The summed E-state index contributed by atoms with van der Waals surface area (Å²) in [5.74, 6) is 0.807. The molecule has 0 aromatic heterocycles. The Morgan fingerprint density at radius 2 is 1.55 bits per heavy atom. The zero-order valence-corrected chi connectivity index (χ0v) is 18.8. The Labute approximate surface area is 196 Å². The number of benzene rings is 2. The number of ether oxygens (including phenoxy) is 1. The van der Waals surface area contributed by atoms with Crippen molar-refractivity contribution < 1.29 is 19.1 Å². The van der Waals surface area contributed by atoms with Crippen molar-refractivity contribution in [3.8, 4) is 5.75 Å². The lowest BCUT2D eigenvalue weighted by atomic mass is 9.63. The number of methoxy groups -OCH3 is 1. The largest absolute Gasteiger partial charge is 0.497 e. The Kier molecular flexibility index (Phi) is 4.63. The summed E-state index contributed by atoms with van der Waals surface area (Å²) in [7, 11) is 1.57. The summed E-state index contributed by atoms with van der Waals surface area (Å²) in [6.45, 7) is -0.118. The lowest BCUT2D eigenvalue weighted by Crippen LogP contribution is -2.45. The van der Waals surface area contributed by atoms with E-state index in [-0.39, 0.29) is 48.1 Å². The second-order valence-corrected chi connectivity index (χ2v) is 9.78. The molecule has 33 heavy (non-hydrogen) atoms. The second-order valence-electron chi connectivity index (χ2n) is 9.34. The van der Waals surface area contributed by atoms with E-state index in [2.05, 4.69) is 12.2 Å². The molecule has 4 aliphatic carbocycles. The maximum Gasteiger partial charge on any atom is 0.259 e. The number of imide groups is 1. The van der Waals surface area contributed by atoms with Crippen LogP contribution in [0, 0.1) is 35.5 Å². The highest BCUT2D eigenvalue weighted by Crippen LogP contribution is 2.65. The molecule has 2 saturated carbocycles. The van der Waals surface area contributed by atoms with Crippen molar-refractivity contribution in [1.82, 2.24) is 4.90 Å².